The molecule has 1 nitrogen and oxygen atoms in total. The maximum absolute atomic E-state index is 6.57. The number of hydrogen-bond donors (Lipinski definition) is 0. The number of benzene rings is 7. The molecule has 0 saturated carbocycles. The minimum Gasteiger partial charge on any atom is -0.455 e. The van der Waals surface area contributed by atoms with Crippen LogP contribution in [0.2, 0.25) is 0 Å². The van der Waals surface area contributed by atoms with Crippen LogP contribution < -0.4 is 0 Å². The molecule has 0 bridgehead atoms. The highest BCUT2D eigenvalue weighted by atomic mass is 16.3. The zero-order chi connectivity index (χ0) is 28.0. The van der Waals surface area contributed by atoms with E-state index in [4.69, 9.17) is 4.42 Å². The van der Waals surface area contributed by atoms with Crippen LogP contribution in [0.1, 0.15) is 25.0 Å². The molecule has 0 amide bonds. The maximum Gasteiger partial charge on any atom is 0.143 e. The number of hydrogen-bond acceptors (Lipinski definition) is 1. The highest BCUT2D eigenvalue weighted by Crippen LogP contribution is 2.55. The average molecular weight is 537 g/mol. The minimum atomic E-state index is -0.142. The molecule has 1 aliphatic rings. The molecule has 0 aliphatic heterocycles. The summed E-state index contributed by atoms with van der Waals surface area (Å²) in [4.78, 5) is 0. The fourth-order valence-electron chi connectivity index (χ4n) is 7.33. The van der Waals surface area contributed by atoms with Crippen molar-refractivity contribution in [2.75, 3.05) is 0 Å². The number of fused-ring (bicyclic) bond motifs is 9. The van der Waals surface area contributed by atoms with E-state index in [9.17, 15) is 0 Å². The van der Waals surface area contributed by atoms with Crippen molar-refractivity contribution in [3.8, 4) is 33.4 Å². The van der Waals surface area contributed by atoms with E-state index in [1.54, 1.807) is 0 Å². The molecule has 0 saturated heterocycles. The van der Waals surface area contributed by atoms with Crippen molar-refractivity contribution < 1.29 is 4.42 Å². The molecule has 42 heavy (non-hydrogen) atoms. The molecule has 7 aromatic carbocycles. The monoisotopic (exact) mass is 536 g/mol. The minimum absolute atomic E-state index is 0.142. The summed E-state index contributed by atoms with van der Waals surface area (Å²) in [6.07, 6.45) is 0. The van der Waals surface area contributed by atoms with Gasteiger partial charge in [0.05, 0.1) is 0 Å². The molecule has 0 atom stereocenters. The molecule has 8 aromatic rings. The SMILES string of the molecule is CC1(C)c2cc3ccccc3cc2-c2c(-c3ccccc3)cc(-c3cccc4oc5c6ccccc6ccc5c34)cc21. The van der Waals surface area contributed by atoms with E-state index in [-0.39, 0.29) is 5.41 Å². The van der Waals surface area contributed by atoms with Gasteiger partial charge in [-0.25, -0.2) is 0 Å². The number of rotatable bonds is 2. The average Bonchev–Trinajstić information content (AvgIpc) is 3.53. The van der Waals surface area contributed by atoms with Crippen molar-refractivity contribution in [3.63, 3.8) is 0 Å². The Morgan fingerprint density at radius 2 is 1.21 bits per heavy atom. The Morgan fingerprint density at radius 1 is 0.476 bits per heavy atom. The standard InChI is InChI=1S/C41H28O/c1-41(2)35-23-28-15-7-6-14-27(28)21-34(35)38-33(25-11-4-3-5-12-25)22-29(24-36(38)41)30-17-10-18-37-39(30)32-20-19-26-13-8-9-16-31(26)40(32)42-37/h3-24H,1-2H3. The Hall–Kier alpha value is -5.14. The zero-order valence-electron chi connectivity index (χ0n) is 23.6. The van der Waals surface area contributed by atoms with Crippen molar-refractivity contribution >= 4 is 43.5 Å². The Morgan fingerprint density at radius 3 is 2.05 bits per heavy atom. The third kappa shape index (κ3) is 3.19. The molecule has 9 rings (SSSR count). The van der Waals surface area contributed by atoms with E-state index < -0.39 is 0 Å². The summed E-state index contributed by atoms with van der Waals surface area (Å²) in [6, 6.07) is 48.7. The van der Waals surface area contributed by atoms with Crippen molar-refractivity contribution in [1.29, 1.82) is 0 Å². The summed E-state index contributed by atoms with van der Waals surface area (Å²) in [5, 5.41) is 7.26. The Balaban J connectivity index is 1.38. The molecule has 0 spiro atoms. The zero-order valence-corrected chi connectivity index (χ0v) is 23.6. The fraction of sp³-hybridized carbons (Fsp3) is 0.0732. The van der Waals surface area contributed by atoms with Crippen LogP contribution in [0.5, 0.6) is 0 Å². The van der Waals surface area contributed by atoms with Crippen LogP contribution in [0.15, 0.2) is 138 Å². The van der Waals surface area contributed by atoms with Gasteiger partial charge in [0.1, 0.15) is 11.2 Å². The number of furan rings is 1. The van der Waals surface area contributed by atoms with Gasteiger partial charge in [-0.05, 0) is 97.1 Å². The highest BCUT2D eigenvalue weighted by molar-refractivity contribution is 6.19. The molecule has 198 valence electrons. The first-order valence-corrected chi connectivity index (χ1v) is 14.7. The second kappa shape index (κ2) is 8.44. The first kappa shape index (κ1) is 23.6. The summed E-state index contributed by atoms with van der Waals surface area (Å²) in [6.45, 7) is 4.76. The summed E-state index contributed by atoms with van der Waals surface area (Å²) >= 11 is 0. The van der Waals surface area contributed by atoms with E-state index in [1.165, 1.54) is 66.1 Å². The molecule has 0 radical (unpaired) electrons. The van der Waals surface area contributed by atoms with Gasteiger partial charge in [-0.15, -0.1) is 0 Å². The van der Waals surface area contributed by atoms with Gasteiger partial charge in [0.2, 0.25) is 0 Å². The third-order valence-electron chi connectivity index (χ3n) is 9.42. The first-order chi connectivity index (χ1) is 20.6. The lowest BCUT2D eigenvalue weighted by Gasteiger charge is -2.23. The predicted molar refractivity (Wildman–Crippen MR) is 177 cm³/mol. The molecule has 0 N–H and O–H groups in total. The van der Waals surface area contributed by atoms with E-state index in [2.05, 4.69) is 147 Å². The second-order valence-corrected chi connectivity index (χ2v) is 12.1. The smallest absolute Gasteiger partial charge is 0.143 e. The molecular formula is C41H28O. The molecule has 1 heterocycles. The van der Waals surface area contributed by atoms with Crippen LogP contribution in [0.25, 0.3) is 76.9 Å². The normalized spacial score (nSPS) is 13.7. The van der Waals surface area contributed by atoms with Gasteiger partial charge in [-0.1, -0.05) is 111 Å². The Bertz CT molecular complexity index is 2370. The third-order valence-corrected chi connectivity index (χ3v) is 9.42. The van der Waals surface area contributed by atoms with Crippen molar-refractivity contribution in [2.24, 2.45) is 0 Å². The molecule has 1 aliphatic carbocycles. The molecule has 0 unspecified atom stereocenters. The quantitative estimate of drug-likeness (QED) is 0.214. The highest BCUT2D eigenvalue weighted by Gasteiger charge is 2.38. The lowest BCUT2D eigenvalue weighted by Crippen LogP contribution is -2.15. The van der Waals surface area contributed by atoms with Gasteiger partial charge in [-0.3, -0.25) is 0 Å². The van der Waals surface area contributed by atoms with Gasteiger partial charge in [0.15, 0.2) is 0 Å². The second-order valence-electron chi connectivity index (χ2n) is 12.1. The van der Waals surface area contributed by atoms with Crippen LogP contribution in [-0.4, -0.2) is 0 Å². The molecule has 1 aromatic heterocycles. The summed E-state index contributed by atoms with van der Waals surface area (Å²) < 4.78 is 6.57. The van der Waals surface area contributed by atoms with Crippen molar-refractivity contribution in [2.45, 2.75) is 19.3 Å². The summed E-state index contributed by atoms with van der Waals surface area (Å²) in [5.41, 5.74) is 12.2. The fourth-order valence-corrected chi connectivity index (χ4v) is 7.33. The summed E-state index contributed by atoms with van der Waals surface area (Å²) in [7, 11) is 0. The van der Waals surface area contributed by atoms with Crippen LogP contribution in [0.3, 0.4) is 0 Å². The van der Waals surface area contributed by atoms with Gasteiger partial charge in [-0.2, -0.15) is 0 Å². The van der Waals surface area contributed by atoms with E-state index in [1.807, 2.05) is 0 Å². The topological polar surface area (TPSA) is 13.1 Å². The van der Waals surface area contributed by atoms with Crippen LogP contribution in [-0.2, 0) is 5.41 Å². The predicted octanol–water partition coefficient (Wildman–Crippen LogP) is 11.5. The van der Waals surface area contributed by atoms with E-state index in [0.29, 0.717) is 0 Å². The van der Waals surface area contributed by atoms with Gasteiger partial charge in [0.25, 0.3) is 0 Å². The Labute approximate surface area is 244 Å². The molecule has 0 fully saturated rings. The van der Waals surface area contributed by atoms with Gasteiger partial charge in [0, 0.05) is 21.6 Å². The van der Waals surface area contributed by atoms with Gasteiger partial charge < -0.3 is 4.42 Å². The lowest BCUT2D eigenvalue weighted by molar-refractivity contribution is 0.661. The Kier molecular flexibility index (Phi) is 4.73. The largest absolute Gasteiger partial charge is 0.455 e. The summed E-state index contributed by atoms with van der Waals surface area (Å²) in [5.74, 6) is 0. The molecule has 1 heteroatoms. The maximum atomic E-state index is 6.57. The van der Waals surface area contributed by atoms with Crippen LogP contribution in [0.4, 0.5) is 0 Å². The van der Waals surface area contributed by atoms with E-state index >= 15 is 0 Å². The van der Waals surface area contributed by atoms with Crippen molar-refractivity contribution in [3.05, 3.63) is 145 Å². The lowest BCUT2D eigenvalue weighted by atomic mass is 9.80. The molecular weight excluding hydrogens is 508 g/mol. The van der Waals surface area contributed by atoms with Crippen LogP contribution >= 0.6 is 0 Å². The van der Waals surface area contributed by atoms with Crippen LogP contribution in [0, 0.1) is 0 Å². The first-order valence-electron chi connectivity index (χ1n) is 14.7. The van der Waals surface area contributed by atoms with Gasteiger partial charge >= 0.3 is 0 Å². The van der Waals surface area contributed by atoms with Crippen molar-refractivity contribution in [1.82, 2.24) is 0 Å². The van der Waals surface area contributed by atoms with E-state index in [0.717, 1.165) is 21.9 Å².